The Hall–Kier alpha value is -0.430. The third kappa shape index (κ3) is 2.33. The summed E-state index contributed by atoms with van der Waals surface area (Å²) in [5, 5.41) is 0. The molecule has 1 fully saturated rings. The third-order valence-corrected chi connectivity index (χ3v) is 4.22. The first-order valence-corrected chi connectivity index (χ1v) is 5.96. The van der Waals surface area contributed by atoms with E-state index in [0.29, 0.717) is 26.2 Å². The first kappa shape index (κ1) is 11.6. The van der Waals surface area contributed by atoms with Gasteiger partial charge in [0.1, 0.15) is 0 Å². The molecule has 0 radical (unpaired) electrons. The zero-order chi connectivity index (χ0) is 10.8. The molecule has 0 spiro atoms. The summed E-state index contributed by atoms with van der Waals surface area (Å²) in [6.07, 6.45) is 0.855. The number of nitrogens with zero attached hydrogens (tertiary/aromatic N) is 2. The molecule has 1 heterocycles. The fourth-order valence-electron chi connectivity index (χ4n) is 1.37. The Morgan fingerprint density at radius 1 is 1.50 bits per heavy atom. The predicted octanol–water partition coefficient (Wildman–Crippen LogP) is -0.616. The fourth-order valence-corrected chi connectivity index (χ4v) is 2.83. The van der Waals surface area contributed by atoms with E-state index in [2.05, 4.69) is 6.58 Å². The van der Waals surface area contributed by atoms with E-state index in [1.165, 1.54) is 8.61 Å². The summed E-state index contributed by atoms with van der Waals surface area (Å²) in [5.41, 5.74) is 6.12. The Morgan fingerprint density at radius 2 is 2.14 bits per heavy atom. The summed E-state index contributed by atoms with van der Waals surface area (Å²) >= 11 is 0. The lowest BCUT2D eigenvalue weighted by Crippen LogP contribution is -2.48. The Labute approximate surface area is 85.4 Å². The molecule has 6 heteroatoms. The molecule has 0 aliphatic carbocycles. The second-order valence-corrected chi connectivity index (χ2v) is 5.51. The van der Waals surface area contributed by atoms with Crippen molar-refractivity contribution >= 4 is 10.2 Å². The van der Waals surface area contributed by atoms with Crippen LogP contribution in [-0.2, 0) is 10.2 Å². The Kier molecular flexibility index (Phi) is 3.65. The zero-order valence-electron chi connectivity index (χ0n) is 8.44. The summed E-state index contributed by atoms with van der Waals surface area (Å²) in [4.78, 5) is 0. The molecule has 0 amide bonds. The van der Waals surface area contributed by atoms with Gasteiger partial charge in [-0.25, -0.2) is 0 Å². The van der Waals surface area contributed by atoms with Gasteiger partial charge in [-0.05, 0) is 12.0 Å². The van der Waals surface area contributed by atoms with Gasteiger partial charge < -0.3 is 5.73 Å². The standard InChI is InChI=1S/C8H17N3O2S/c1-8(6-9)7-11-5-3-4-10(2)14(11,12)13/h1,3-7,9H2,2H3. The highest BCUT2D eigenvalue weighted by molar-refractivity contribution is 7.86. The van der Waals surface area contributed by atoms with E-state index in [4.69, 9.17) is 5.73 Å². The monoisotopic (exact) mass is 219 g/mol. The minimum atomic E-state index is -3.26. The van der Waals surface area contributed by atoms with Crippen LogP contribution in [0.3, 0.4) is 0 Å². The van der Waals surface area contributed by atoms with Crippen molar-refractivity contribution in [1.29, 1.82) is 0 Å². The average molecular weight is 219 g/mol. The second-order valence-electron chi connectivity index (χ2n) is 3.47. The van der Waals surface area contributed by atoms with Crippen molar-refractivity contribution in [3.63, 3.8) is 0 Å². The molecule has 0 unspecified atom stereocenters. The fraction of sp³-hybridized carbons (Fsp3) is 0.750. The van der Waals surface area contributed by atoms with Crippen molar-refractivity contribution in [1.82, 2.24) is 8.61 Å². The van der Waals surface area contributed by atoms with E-state index in [9.17, 15) is 8.42 Å². The molecule has 1 aliphatic rings. The molecule has 0 aromatic rings. The van der Waals surface area contributed by atoms with Gasteiger partial charge in [-0.15, -0.1) is 0 Å². The van der Waals surface area contributed by atoms with Crippen LogP contribution in [0.25, 0.3) is 0 Å². The number of hydrogen-bond acceptors (Lipinski definition) is 3. The predicted molar refractivity (Wildman–Crippen MR) is 55.9 cm³/mol. The lowest BCUT2D eigenvalue weighted by Gasteiger charge is -2.32. The lowest BCUT2D eigenvalue weighted by atomic mass is 10.3. The molecule has 1 rings (SSSR count). The van der Waals surface area contributed by atoms with Gasteiger partial charge in [0.15, 0.2) is 0 Å². The van der Waals surface area contributed by atoms with E-state index in [1.54, 1.807) is 7.05 Å². The van der Waals surface area contributed by atoms with Crippen LogP contribution in [-0.4, -0.2) is 50.3 Å². The number of hydrogen-bond donors (Lipinski definition) is 1. The summed E-state index contributed by atoms with van der Waals surface area (Å²) in [6, 6.07) is 0. The van der Waals surface area contributed by atoms with Crippen molar-refractivity contribution in [3.8, 4) is 0 Å². The molecular weight excluding hydrogens is 202 g/mol. The SMILES string of the molecule is C=C(CN)CN1CCCN(C)S1(=O)=O. The number of rotatable bonds is 3. The maximum absolute atomic E-state index is 11.7. The highest BCUT2D eigenvalue weighted by atomic mass is 32.2. The van der Waals surface area contributed by atoms with Crippen molar-refractivity contribution in [2.24, 2.45) is 5.73 Å². The molecule has 0 bridgehead atoms. The van der Waals surface area contributed by atoms with Crippen LogP contribution in [0.2, 0.25) is 0 Å². The molecule has 0 saturated carbocycles. The van der Waals surface area contributed by atoms with Crippen LogP contribution in [0, 0.1) is 0 Å². The van der Waals surface area contributed by atoms with Gasteiger partial charge >= 0.3 is 0 Å². The summed E-state index contributed by atoms with van der Waals surface area (Å²) < 4.78 is 26.3. The minimum Gasteiger partial charge on any atom is -0.327 e. The van der Waals surface area contributed by atoms with Crippen LogP contribution >= 0.6 is 0 Å². The first-order valence-electron chi connectivity index (χ1n) is 4.56. The summed E-state index contributed by atoms with van der Waals surface area (Å²) in [7, 11) is -1.67. The Morgan fingerprint density at radius 3 is 2.71 bits per heavy atom. The minimum absolute atomic E-state index is 0.329. The van der Waals surface area contributed by atoms with Crippen LogP contribution in [0.5, 0.6) is 0 Å². The zero-order valence-corrected chi connectivity index (χ0v) is 9.26. The molecule has 14 heavy (non-hydrogen) atoms. The van der Waals surface area contributed by atoms with Crippen LogP contribution < -0.4 is 5.73 Å². The van der Waals surface area contributed by atoms with Gasteiger partial charge in [-0.2, -0.15) is 17.0 Å². The highest BCUT2D eigenvalue weighted by Crippen LogP contribution is 2.14. The molecule has 5 nitrogen and oxygen atoms in total. The number of nitrogens with two attached hydrogens (primary N) is 1. The molecule has 2 N–H and O–H groups in total. The summed E-state index contributed by atoms with van der Waals surface area (Å²) in [6.45, 7) is 5.53. The van der Waals surface area contributed by atoms with Gasteiger partial charge in [-0.1, -0.05) is 6.58 Å². The Bertz CT molecular complexity index is 313. The second kappa shape index (κ2) is 4.39. The topological polar surface area (TPSA) is 66.6 Å². The van der Waals surface area contributed by atoms with Gasteiger partial charge in [0.25, 0.3) is 10.2 Å². The normalized spacial score (nSPS) is 23.6. The van der Waals surface area contributed by atoms with Gasteiger partial charge in [-0.3, -0.25) is 0 Å². The first-order chi connectivity index (χ1) is 6.48. The molecule has 1 saturated heterocycles. The molecule has 0 aromatic carbocycles. The van der Waals surface area contributed by atoms with Gasteiger partial charge in [0.05, 0.1) is 0 Å². The molecule has 82 valence electrons. The van der Waals surface area contributed by atoms with E-state index in [-0.39, 0.29) is 0 Å². The largest absolute Gasteiger partial charge is 0.327 e. The molecule has 1 aliphatic heterocycles. The van der Waals surface area contributed by atoms with Gasteiger partial charge in [0, 0.05) is 33.2 Å². The highest BCUT2D eigenvalue weighted by Gasteiger charge is 2.30. The quantitative estimate of drug-likeness (QED) is 0.644. The van der Waals surface area contributed by atoms with Crippen LogP contribution in [0.15, 0.2) is 12.2 Å². The molecule has 0 aromatic heterocycles. The van der Waals surface area contributed by atoms with Crippen molar-refractivity contribution in [3.05, 3.63) is 12.2 Å². The maximum atomic E-state index is 11.7. The lowest BCUT2D eigenvalue weighted by molar-refractivity contribution is 0.319. The van der Waals surface area contributed by atoms with E-state index < -0.39 is 10.2 Å². The van der Waals surface area contributed by atoms with E-state index >= 15 is 0 Å². The Balaban J connectivity index is 2.73. The van der Waals surface area contributed by atoms with Crippen LogP contribution in [0.4, 0.5) is 0 Å². The average Bonchev–Trinajstić information content (AvgIpc) is 2.13. The van der Waals surface area contributed by atoms with Crippen molar-refractivity contribution in [2.45, 2.75) is 6.42 Å². The van der Waals surface area contributed by atoms with Crippen molar-refractivity contribution in [2.75, 3.05) is 33.2 Å². The smallest absolute Gasteiger partial charge is 0.282 e. The van der Waals surface area contributed by atoms with Gasteiger partial charge in [0.2, 0.25) is 0 Å². The van der Waals surface area contributed by atoms with E-state index in [0.717, 1.165) is 12.0 Å². The summed E-state index contributed by atoms with van der Waals surface area (Å²) in [5.74, 6) is 0. The van der Waals surface area contributed by atoms with Crippen molar-refractivity contribution < 1.29 is 8.42 Å². The van der Waals surface area contributed by atoms with Crippen LogP contribution in [0.1, 0.15) is 6.42 Å². The molecule has 0 atom stereocenters. The maximum Gasteiger partial charge on any atom is 0.282 e. The molecular formula is C8H17N3O2S. The van der Waals surface area contributed by atoms with E-state index in [1.807, 2.05) is 0 Å². The third-order valence-electron chi connectivity index (χ3n) is 2.29.